The first kappa shape index (κ1) is 15.9. The Morgan fingerprint density at radius 1 is 1.24 bits per heavy atom. The van der Waals surface area contributed by atoms with Gasteiger partial charge in [-0.25, -0.2) is 0 Å². The van der Waals surface area contributed by atoms with Gasteiger partial charge in [0.1, 0.15) is 0 Å². The van der Waals surface area contributed by atoms with Crippen LogP contribution in [-0.2, 0) is 14.4 Å². The van der Waals surface area contributed by atoms with E-state index in [2.05, 4.69) is 10.2 Å². The van der Waals surface area contributed by atoms with E-state index >= 15 is 0 Å². The summed E-state index contributed by atoms with van der Waals surface area (Å²) in [7, 11) is 0. The molecule has 0 aromatic rings. The van der Waals surface area contributed by atoms with Gasteiger partial charge in [-0.15, -0.1) is 0 Å². The summed E-state index contributed by atoms with van der Waals surface area (Å²) in [5.41, 5.74) is 5.38. The normalized spacial score (nSPS) is 23.7. The smallest absolute Gasteiger partial charge is 0.229 e. The van der Waals surface area contributed by atoms with E-state index in [0.29, 0.717) is 45.6 Å². The molecule has 1 atom stereocenters. The van der Waals surface area contributed by atoms with Crippen molar-refractivity contribution in [2.24, 2.45) is 11.7 Å². The molecule has 2 saturated heterocycles. The number of piperidine rings is 1. The number of rotatable bonds is 6. The first-order chi connectivity index (χ1) is 10.1. The Hall–Kier alpha value is -1.47. The lowest BCUT2D eigenvalue weighted by molar-refractivity contribution is -0.139. The average molecular weight is 296 g/mol. The fourth-order valence-electron chi connectivity index (χ4n) is 2.93. The lowest BCUT2D eigenvalue weighted by Gasteiger charge is -2.32. The van der Waals surface area contributed by atoms with Crippen LogP contribution in [0.4, 0.5) is 0 Å². The lowest BCUT2D eigenvalue weighted by atomic mass is 9.97. The molecule has 2 aliphatic rings. The standard InChI is InChI=1S/C14H24N4O3/c15-5-6-16-14(21)11-2-1-7-17(10-11)8-9-18-12(19)3-4-13(18)20/h11H,1-10,15H2,(H,16,21). The van der Waals surface area contributed by atoms with E-state index in [4.69, 9.17) is 5.73 Å². The van der Waals surface area contributed by atoms with Crippen LogP contribution >= 0.6 is 0 Å². The minimum Gasteiger partial charge on any atom is -0.355 e. The zero-order chi connectivity index (χ0) is 15.2. The molecule has 21 heavy (non-hydrogen) atoms. The first-order valence-corrected chi connectivity index (χ1v) is 7.65. The van der Waals surface area contributed by atoms with Gasteiger partial charge in [0.25, 0.3) is 0 Å². The van der Waals surface area contributed by atoms with Crippen molar-refractivity contribution in [3.8, 4) is 0 Å². The van der Waals surface area contributed by atoms with E-state index in [9.17, 15) is 14.4 Å². The predicted octanol–water partition coefficient (Wildman–Crippen LogP) is -1.08. The number of nitrogens with two attached hydrogens (primary N) is 1. The Bertz CT molecular complexity index is 397. The van der Waals surface area contributed by atoms with Crippen LogP contribution in [-0.4, -0.2) is 66.8 Å². The maximum Gasteiger partial charge on any atom is 0.229 e. The number of nitrogens with one attached hydrogen (secondary N) is 1. The molecule has 0 aliphatic carbocycles. The number of imide groups is 1. The Balaban J connectivity index is 1.77. The number of hydrogen-bond donors (Lipinski definition) is 2. The summed E-state index contributed by atoms with van der Waals surface area (Å²) in [6.07, 6.45) is 2.52. The number of amides is 3. The van der Waals surface area contributed by atoms with Crippen LogP contribution in [0.15, 0.2) is 0 Å². The minimum absolute atomic E-state index is 0.0183. The molecule has 7 nitrogen and oxygen atoms in total. The Labute approximate surface area is 124 Å². The number of nitrogens with zero attached hydrogens (tertiary/aromatic N) is 2. The SMILES string of the molecule is NCCNC(=O)C1CCCN(CCN2C(=O)CCC2=O)C1. The Morgan fingerprint density at radius 2 is 1.95 bits per heavy atom. The van der Waals surface area contributed by atoms with Gasteiger partial charge in [-0.2, -0.15) is 0 Å². The summed E-state index contributed by atoms with van der Waals surface area (Å²) in [4.78, 5) is 38.6. The van der Waals surface area contributed by atoms with Gasteiger partial charge in [0, 0.05) is 45.6 Å². The van der Waals surface area contributed by atoms with Crippen LogP contribution < -0.4 is 11.1 Å². The van der Waals surface area contributed by atoms with Crippen molar-refractivity contribution < 1.29 is 14.4 Å². The molecule has 0 bridgehead atoms. The van der Waals surface area contributed by atoms with Crippen molar-refractivity contribution in [1.82, 2.24) is 15.1 Å². The van der Waals surface area contributed by atoms with Crippen LogP contribution in [0.1, 0.15) is 25.7 Å². The summed E-state index contributed by atoms with van der Waals surface area (Å²) in [5.74, 6) is -0.114. The van der Waals surface area contributed by atoms with Crippen molar-refractivity contribution >= 4 is 17.7 Å². The zero-order valence-electron chi connectivity index (χ0n) is 12.3. The van der Waals surface area contributed by atoms with E-state index in [-0.39, 0.29) is 23.6 Å². The molecule has 0 aromatic heterocycles. The first-order valence-electron chi connectivity index (χ1n) is 7.65. The van der Waals surface area contributed by atoms with Gasteiger partial charge >= 0.3 is 0 Å². The van der Waals surface area contributed by atoms with Gasteiger partial charge in [-0.1, -0.05) is 0 Å². The van der Waals surface area contributed by atoms with E-state index in [1.807, 2.05) is 0 Å². The molecular weight excluding hydrogens is 272 g/mol. The molecule has 0 spiro atoms. The highest BCUT2D eigenvalue weighted by atomic mass is 16.2. The van der Waals surface area contributed by atoms with Crippen molar-refractivity contribution in [1.29, 1.82) is 0 Å². The highest BCUT2D eigenvalue weighted by Crippen LogP contribution is 2.17. The second kappa shape index (κ2) is 7.51. The third-order valence-corrected chi connectivity index (χ3v) is 4.11. The average Bonchev–Trinajstić information content (AvgIpc) is 2.82. The molecule has 0 saturated carbocycles. The van der Waals surface area contributed by atoms with Crippen molar-refractivity contribution in [3.05, 3.63) is 0 Å². The Kier molecular flexibility index (Phi) is 5.69. The molecule has 7 heteroatoms. The maximum absolute atomic E-state index is 12.0. The van der Waals surface area contributed by atoms with E-state index in [1.165, 1.54) is 4.90 Å². The molecule has 3 N–H and O–H groups in total. The molecule has 0 aromatic carbocycles. The van der Waals surface area contributed by atoms with Gasteiger partial charge in [-0.05, 0) is 19.4 Å². The second-order valence-electron chi connectivity index (χ2n) is 5.66. The van der Waals surface area contributed by atoms with Gasteiger partial charge in [0.15, 0.2) is 0 Å². The van der Waals surface area contributed by atoms with Gasteiger partial charge in [0.2, 0.25) is 17.7 Å². The van der Waals surface area contributed by atoms with Gasteiger partial charge in [-0.3, -0.25) is 19.3 Å². The molecule has 3 amide bonds. The summed E-state index contributed by atoms with van der Waals surface area (Å²) in [6, 6.07) is 0. The molecule has 2 heterocycles. The molecular formula is C14H24N4O3. The summed E-state index contributed by atoms with van der Waals surface area (Å²) in [5, 5.41) is 2.82. The highest BCUT2D eigenvalue weighted by molar-refractivity contribution is 6.01. The van der Waals surface area contributed by atoms with Crippen LogP contribution in [0.5, 0.6) is 0 Å². The molecule has 0 radical (unpaired) electrons. The van der Waals surface area contributed by atoms with E-state index in [0.717, 1.165) is 19.4 Å². The zero-order valence-corrected chi connectivity index (χ0v) is 12.3. The largest absolute Gasteiger partial charge is 0.355 e. The number of hydrogen-bond acceptors (Lipinski definition) is 5. The molecule has 118 valence electrons. The topological polar surface area (TPSA) is 95.7 Å². The highest BCUT2D eigenvalue weighted by Gasteiger charge is 2.30. The number of likely N-dealkylation sites (tertiary alicyclic amines) is 2. The van der Waals surface area contributed by atoms with Gasteiger partial charge < -0.3 is 16.0 Å². The van der Waals surface area contributed by atoms with E-state index < -0.39 is 0 Å². The monoisotopic (exact) mass is 296 g/mol. The summed E-state index contributed by atoms with van der Waals surface area (Å²) in [6.45, 7) is 3.64. The predicted molar refractivity (Wildman–Crippen MR) is 77.2 cm³/mol. The fraction of sp³-hybridized carbons (Fsp3) is 0.786. The maximum atomic E-state index is 12.0. The quantitative estimate of drug-likeness (QED) is 0.608. The van der Waals surface area contributed by atoms with Gasteiger partial charge in [0.05, 0.1) is 5.92 Å². The fourth-order valence-corrected chi connectivity index (χ4v) is 2.93. The molecule has 2 aliphatic heterocycles. The second-order valence-corrected chi connectivity index (χ2v) is 5.66. The van der Waals surface area contributed by atoms with Crippen molar-refractivity contribution in [2.45, 2.75) is 25.7 Å². The van der Waals surface area contributed by atoms with Crippen LogP contribution in [0.25, 0.3) is 0 Å². The molecule has 1 unspecified atom stereocenters. The van der Waals surface area contributed by atoms with Crippen LogP contribution in [0.2, 0.25) is 0 Å². The number of carbonyl (C=O) groups excluding carboxylic acids is 3. The van der Waals surface area contributed by atoms with Crippen molar-refractivity contribution in [3.63, 3.8) is 0 Å². The van der Waals surface area contributed by atoms with Crippen LogP contribution in [0, 0.1) is 5.92 Å². The summed E-state index contributed by atoms with van der Waals surface area (Å²) >= 11 is 0. The third kappa shape index (κ3) is 4.25. The third-order valence-electron chi connectivity index (χ3n) is 4.11. The number of carbonyl (C=O) groups is 3. The Morgan fingerprint density at radius 3 is 2.62 bits per heavy atom. The minimum atomic E-state index is -0.0748. The van der Waals surface area contributed by atoms with Crippen molar-refractivity contribution in [2.75, 3.05) is 39.3 Å². The molecule has 2 fully saturated rings. The van der Waals surface area contributed by atoms with E-state index in [1.54, 1.807) is 0 Å². The summed E-state index contributed by atoms with van der Waals surface area (Å²) < 4.78 is 0. The molecule has 2 rings (SSSR count). The lowest BCUT2D eigenvalue weighted by Crippen LogP contribution is -2.46. The van der Waals surface area contributed by atoms with Crippen LogP contribution in [0.3, 0.4) is 0 Å².